The SMILES string of the molecule is CC[C@H](C)Oc1ccnc(-c2ccnc(Nc3ccc4[nH]c(C(=O)N5CCN(C)CC5)cc4c3)n2)c1. The monoisotopic (exact) mass is 485 g/mol. The Hall–Kier alpha value is -3.98. The van der Waals surface area contributed by atoms with Crippen LogP contribution in [0.2, 0.25) is 0 Å². The van der Waals surface area contributed by atoms with E-state index in [9.17, 15) is 4.79 Å². The maximum absolute atomic E-state index is 12.9. The predicted octanol–water partition coefficient (Wildman–Crippen LogP) is 4.33. The molecule has 1 fully saturated rings. The first-order valence-electron chi connectivity index (χ1n) is 12.3. The maximum Gasteiger partial charge on any atom is 0.270 e. The molecule has 0 saturated carbocycles. The number of hydrogen-bond acceptors (Lipinski definition) is 7. The molecular weight excluding hydrogens is 454 g/mol. The van der Waals surface area contributed by atoms with Crippen molar-refractivity contribution in [1.29, 1.82) is 0 Å². The zero-order valence-electron chi connectivity index (χ0n) is 20.9. The van der Waals surface area contributed by atoms with Crippen molar-refractivity contribution in [2.24, 2.45) is 0 Å². The van der Waals surface area contributed by atoms with Crippen molar-refractivity contribution in [3.8, 4) is 17.1 Å². The molecule has 4 aromatic rings. The third kappa shape index (κ3) is 5.31. The highest BCUT2D eigenvalue weighted by atomic mass is 16.5. The van der Waals surface area contributed by atoms with Gasteiger partial charge in [-0.2, -0.15) is 0 Å². The molecule has 5 rings (SSSR count). The first-order valence-corrected chi connectivity index (χ1v) is 12.3. The average Bonchev–Trinajstić information content (AvgIpc) is 3.32. The Balaban J connectivity index is 1.32. The van der Waals surface area contributed by atoms with Crippen LogP contribution in [0.3, 0.4) is 0 Å². The molecule has 1 aliphatic heterocycles. The molecule has 0 unspecified atom stereocenters. The van der Waals surface area contributed by atoms with E-state index >= 15 is 0 Å². The van der Waals surface area contributed by atoms with Crippen molar-refractivity contribution in [1.82, 2.24) is 29.7 Å². The Labute approximate surface area is 210 Å². The molecule has 186 valence electrons. The van der Waals surface area contributed by atoms with Gasteiger partial charge in [-0.25, -0.2) is 9.97 Å². The number of piperazine rings is 1. The van der Waals surface area contributed by atoms with E-state index in [1.54, 1.807) is 12.4 Å². The number of nitrogens with one attached hydrogen (secondary N) is 2. The molecule has 0 spiro atoms. The molecule has 1 amide bonds. The van der Waals surface area contributed by atoms with Crippen molar-refractivity contribution < 1.29 is 9.53 Å². The van der Waals surface area contributed by atoms with E-state index in [1.165, 1.54) is 0 Å². The van der Waals surface area contributed by atoms with E-state index in [2.05, 4.69) is 44.1 Å². The number of amides is 1. The van der Waals surface area contributed by atoms with Crippen molar-refractivity contribution >= 4 is 28.4 Å². The minimum atomic E-state index is 0.0388. The van der Waals surface area contributed by atoms with Crippen LogP contribution < -0.4 is 10.1 Å². The topological polar surface area (TPSA) is 99.3 Å². The number of fused-ring (bicyclic) bond motifs is 1. The summed E-state index contributed by atoms with van der Waals surface area (Å²) in [5.74, 6) is 1.27. The molecule has 1 atom stereocenters. The highest BCUT2D eigenvalue weighted by Gasteiger charge is 2.21. The summed E-state index contributed by atoms with van der Waals surface area (Å²) in [4.78, 5) is 33.8. The van der Waals surface area contributed by atoms with Crippen molar-refractivity contribution in [3.05, 3.63) is 60.6 Å². The van der Waals surface area contributed by atoms with E-state index in [-0.39, 0.29) is 12.0 Å². The van der Waals surface area contributed by atoms with Crippen LogP contribution >= 0.6 is 0 Å². The Morgan fingerprint density at radius 3 is 2.67 bits per heavy atom. The van der Waals surface area contributed by atoms with Crippen LogP contribution in [-0.2, 0) is 0 Å². The summed E-state index contributed by atoms with van der Waals surface area (Å²) in [6.45, 7) is 7.40. The lowest BCUT2D eigenvalue weighted by Gasteiger charge is -2.32. The average molecular weight is 486 g/mol. The Kier molecular flexibility index (Phi) is 6.81. The van der Waals surface area contributed by atoms with E-state index in [4.69, 9.17) is 4.74 Å². The minimum absolute atomic E-state index is 0.0388. The second-order valence-corrected chi connectivity index (χ2v) is 9.18. The molecule has 2 N–H and O–H groups in total. The van der Waals surface area contributed by atoms with Gasteiger partial charge in [0.25, 0.3) is 5.91 Å². The number of nitrogens with zero attached hydrogens (tertiary/aromatic N) is 5. The molecule has 1 aliphatic rings. The van der Waals surface area contributed by atoms with Gasteiger partial charge in [0, 0.05) is 61.2 Å². The number of hydrogen-bond donors (Lipinski definition) is 2. The van der Waals surface area contributed by atoms with Crippen LogP contribution in [-0.4, -0.2) is 75.0 Å². The molecule has 0 bridgehead atoms. The summed E-state index contributed by atoms with van der Waals surface area (Å²) in [5, 5.41) is 4.22. The second kappa shape index (κ2) is 10.3. The lowest BCUT2D eigenvalue weighted by molar-refractivity contribution is 0.0659. The summed E-state index contributed by atoms with van der Waals surface area (Å²) < 4.78 is 5.92. The lowest BCUT2D eigenvalue weighted by Crippen LogP contribution is -2.47. The third-order valence-electron chi connectivity index (χ3n) is 6.46. The molecule has 36 heavy (non-hydrogen) atoms. The number of carbonyl (C=O) groups is 1. The van der Waals surface area contributed by atoms with E-state index in [1.807, 2.05) is 54.3 Å². The fourth-order valence-corrected chi connectivity index (χ4v) is 4.14. The number of carbonyl (C=O) groups excluding carboxylic acids is 1. The summed E-state index contributed by atoms with van der Waals surface area (Å²) in [5.41, 5.74) is 3.77. The van der Waals surface area contributed by atoms with Crippen LogP contribution in [0, 0.1) is 0 Å². The highest BCUT2D eigenvalue weighted by Crippen LogP contribution is 2.25. The second-order valence-electron chi connectivity index (χ2n) is 9.18. The van der Waals surface area contributed by atoms with Gasteiger partial charge >= 0.3 is 0 Å². The Morgan fingerprint density at radius 1 is 1.06 bits per heavy atom. The van der Waals surface area contributed by atoms with Gasteiger partial charge in [0.05, 0.1) is 17.5 Å². The van der Waals surface area contributed by atoms with Gasteiger partial charge < -0.3 is 24.8 Å². The summed E-state index contributed by atoms with van der Waals surface area (Å²) in [6, 6.07) is 13.4. The van der Waals surface area contributed by atoms with Gasteiger partial charge in [0.1, 0.15) is 11.4 Å². The van der Waals surface area contributed by atoms with E-state index in [0.29, 0.717) is 17.3 Å². The molecule has 0 aliphatic carbocycles. The summed E-state index contributed by atoms with van der Waals surface area (Å²) >= 11 is 0. The van der Waals surface area contributed by atoms with Crippen LogP contribution in [0.1, 0.15) is 30.8 Å². The van der Waals surface area contributed by atoms with Gasteiger partial charge in [0.2, 0.25) is 5.95 Å². The first-order chi connectivity index (χ1) is 17.5. The van der Waals surface area contributed by atoms with Crippen molar-refractivity contribution in [2.45, 2.75) is 26.4 Å². The highest BCUT2D eigenvalue weighted by molar-refractivity contribution is 5.98. The van der Waals surface area contributed by atoms with Crippen LogP contribution in [0.4, 0.5) is 11.6 Å². The Morgan fingerprint density at radius 2 is 1.86 bits per heavy atom. The number of likely N-dealkylation sites (N-methyl/N-ethyl adjacent to an activating group) is 1. The number of H-pyrrole nitrogens is 1. The largest absolute Gasteiger partial charge is 0.491 e. The molecule has 3 aromatic heterocycles. The quantitative estimate of drug-likeness (QED) is 0.402. The number of aromatic nitrogens is 4. The van der Waals surface area contributed by atoms with Crippen LogP contribution in [0.25, 0.3) is 22.3 Å². The van der Waals surface area contributed by atoms with Crippen LogP contribution in [0.15, 0.2) is 54.9 Å². The smallest absolute Gasteiger partial charge is 0.270 e. The molecular formula is C27H31N7O2. The number of benzene rings is 1. The minimum Gasteiger partial charge on any atom is -0.491 e. The first kappa shape index (κ1) is 23.7. The molecule has 4 heterocycles. The van der Waals surface area contributed by atoms with Gasteiger partial charge in [-0.3, -0.25) is 9.78 Å². The van der Waals surface area contributed by atoms with Gasteiger partial charge in [0.15, 0.2) is 0 Å². The van der Waals surface area contributed by atoms with Gasteiger partial charge in [-0.15, -0.1) is 0 Å². The summed E-state index contributed by atoms with van der Waals surface area (Å²) in [7, 11) is 2.08. The van der Waals surface area contributed by atoms with Crippen LogP contribution in [0.5, 0.6) is 5.75 Å². The summed E-state index contributed by atoms with van der Waals surface area (Å²) in [6.07, 6.45) is 4.49. The normalized spacial score (nSPS) is 15.1. The lowest BCUT2D eigenvalue weighted by atomic mass is 10.2. The van der Waals surface area contributed by atoms with E-state index in [0.717, 1.165) is 60.6 Å². The van der Waals surface area contributed by atoms with E-state index < -0.39 is 0 Å². The molecule has 0 radical (unpaired) electrons. The molecule has 1 aromatic carbocycles. The zero-order chi connectivity index (χ0) is 25.1. The Bertz CT molecular complexity index is 1360. The number of rotatable bonds is 7. The van der Waals surface area contributed by atoms with Crippen molar-refractivity contribution in [2.75, 3.05) is 38.5 Å². The number of aromatic amines is 1. The number of pyridine rings is 1. The predicted molar refractivity (Wildman–Crippen MR) is 141 cm³/mol. The van der Waals surface area contributed by atoms with Gasteiger partial charge in [-0.1, -0.05) is 6.92 Å². The standard InChI is InChI=1S/C27H31N7O2/c1-4-18(2)36-21-7-9-28-24(17-21)23-8-10-29-27(32-23)30-20-5-6-22-19(15-20)16-25(31-22)26(35)34-13-11-33(3)12-14-34/h5-10,15-18,31H,4,11-14H2,1-3H3,(H,29,30,32)/t18-/m0/s1. The fraction of sp³-hybridized carbons (Fsp3) is 0.333. The number of ether oxygens (including phenoxy) is 1. The fourth-order valence-electron chi connectivity index (χ4n) is 4.14. The zero-order valence-corrected chi connectivity index (χ0v) is 20.9. The number of anilines is 2. The van der Waals surface area contributed by atoms with Gasteiger partial charge in [-0.05, 0) is 56.8 Å². The molecule has 9 heteroatoms. The van der Waals surface area contributed by atoms with Crippen molar-refractivity contribution in [3.63, 3.8) is 0 Å². The molecule has 1 saturated heterocycles. The third-order valence-corrected chi connectivity index (χ3v) is 6.46. The maximum atomic E-state index is 12.9. The molecule has 9 nitrogen and oxygen atoms in total.